The first-order chi connectivity index (χ1) is 6.15. The maximum absolute atomic E-state index is 11.3. The largest absolute Gasteiger partial charge is 0.497 e. The Morgan fingerprint density at radius 2 is 2.23 bits per heavy atom. The smallest absolute Gasteiger partial charge is 0.162 e. The highest BCUT2D eigenvalue weighted by atomic mass is 16.5. The van der Waals surface area contributed by atoms with E-state index < -0.39 is 0 Å². The number of Topliss-reactive ketones (excluding diaryl/α,β-unsaturated/α-hetero) is 1. The van der Waals surface area contributed by atoms with E-state index in [0.29, 0.717) is 17.8 Å². The van der Waals surface area contributed by atoms with Crippen molar-refractivity contribution in [1.82, 2.24) is 0 Å². The molecule has 0 radical (unpaired) electrons. The Balaban J connectivity index is 0. The Morgan fingerprint density at radius 1 is 1.62 bits per heavy atom. The number of ether oxygens (including phenoxy) is 1. The van der Waals surface area contributed by atoms with Gasteiger partial charge in [0.1, 0.15) is 5.76 Å². The normalized spacial score (nSPS) is 11.8. The first kappa shape index (κ1) is 11.7. The maximum atomic E-state index is 11.3. The molecule has 0 aromatic heterocycles. The zero-order valence-electron chi connectivity index (χ0n) is 8.46. The third-order valence-corrected chi connectivity index (χ3v) is 1.57. The minimum Gasteiger partial charge on any atom is -0.497 e. The summed E-state index contributed by atoms with van der Waals surface area (Å²) in [6.07, 6.45) is 5.72. The van der Waals surface area contributed by atoms with Crippen LogP contribution in [0.25, 0.3) is 0 Å². The number of allylic oxidation sites excluding steroid dienone is 4. The van der Waals surface area contributed by atoms with Crippen LogP contribution >= 0.6 is 0 Å². The fourth-order valence-electron chi connectivity index (χ4n) is 0.838. The zero-order chi connectivity index (χ0) is 10.3. The van der Waals surface area contributed by atoms with Gasteiger partial charge in [-0.25, -0.2) is 0 Å². The Labute approximate surface area is 81.1 Å². The molecule has 0 aromatic carbocycles. The fraction of sp³-hybridized carbons (Fsp3) is 0.364. The molecule has 0 saturated heterocycles. The molecule has 0 bridgehead atoms. The summed E-state index contributed by atoms with van der Waals surface area (Å²) in [5.74, 6) is 0.589. The number of hydrogen-bond acceptors (Lipinski definition) is 2. The van der Waals surface area contributed by atoms with Crippen LogP contribution < -0.4 is 0 Å². The molecule has 0 spiro atoms. The van der Waals surface area contributed by atoms with Crippen molar-refractivity contribution in [3.05, 3.63) is 36.1 Å². The van der Waals surface area contributed by atoms with Gasteiger partial charge in [0.25, 0.3) is 0 Å². The van der Waals surface area contributed by atoms with Gasteiger partial charge in [-0.15, -0.1) is 0 Å². The minimum absolute atomic E-state index is 0. The Morgan fingerprint density at radius 3 is 2.62 bits per heavy atom. The molecule has 0 aliphatic heterocycles. The van der Waals surface area contributed by atoms with Crippen LogP contribution in [0.2, 0.25) is 0 Å². The van der Waals surface area contributed by atoms with Crippen molar-refractivity contribution < 1.29 is 11.0 Å². The number of methoxy groups -OCH3 is 1. The first-order valence-electron chi connectivity index (χ1n) is 4.26. The highest BCUT2D eigenvalue weighted by molar-refractivity contribution is 5.98. The van der Waals surface area contributed by atoms with E-state index in [1.54, 1.807) is 12.2 Å². The molecule has 0 aromatic rings. The Kier molecular flexibility index (Phi) is 5.60. The lowest BCUT2D eigenvalue weighted by Crippen LogP contribution is -1.98. The van der Waals surface area contributed by atoms with Crippen LogP contribution in [0.3, 0.4) is 0 Å². The van der Waals surface area contributed by atoms with Gasteiger partial charge >= 0.3 is 0 Å². The summed E-state index contributed by atoms with van der Waals surface area (Å²) in [6, 6.07) is 0. The van der Waals surface area contributed by atoms with Gasteiger partial charge in [0.2, 0.25) is 0 Å². The van der Waals surface area contributed by atoms with Crippen LogP contribution in [-0.4, -0.2) is 12.9 Å². The molecule has 0 fully saturated rings. The van der Waals surface area contributed by atoms with Crippen LogP contribution in [0.1, 0.15) is 21.7 Å². The quantitative estimate of drug-likeness (QED) is 0.371. The molecule has 13 heavy (non-hydrogen) atoms. The second-order valence-corrected chi connectivity index (χ2v) is 2.55. The second-order valence-electron chi connectivity index (χ2n) is 2.55. The molecule has 0 amide bonds. The third-order valence-electron chi connectivity index (χ3n) is 1.57. The van der Waals surface area contributed by atoms with Gasteiger partial charge in [0.05, 0.1) is 7.11 Å². The lowest BCUT2D eigenvalue weighted by molar-refractivity contribution is -0.115. The third kappa shape index (κ3) is 4.31. The van der Waals surface area contributed by atoms with E-state index in [9.17, 15) is 4.79 Å². The minimum atomic E-state index is 0. The van der Waals surface area contributed by atoms with E-state index >= 15 is 0 Å². The molecular formula is C11H18O2. The summed E-state index contributed by atoms with van der Waals surface area (Å²) in [5, 5.41) is 0. The van der Waals surface area contributed by atoms with Gasteiger partial charge in [-0.05, 0) is 13.0 Å². The maximum Gasteiger partial charge on any atom is 0.162 e. The number of ketones is 1. The van der Waals surface area contributed by atoms with Crippen molar-refractivity contribution in [2.24, 2.45) is 0 Å². The van der Waals surface area contributed by atoms with Crippen LogP contribution in [0.5, 0.6) is 0 Å². The van der Waals surface area contributed by atoms with Crippen LogP contribution in [0.15, 0.2) is 36.1 Å². The average Bonchev–Trinajstić information content (AvgIpc) is 2.15. The van der Waals surface area contributed by atoms with Gasteiger partial charge in [-0.2, -0.15) is 0 Å². The first-order valence-corrected chi connectivity index (χ1v) is 4.26. The van der Waals surface area contributed by atoms with E-state index in [4.69, 9.17) is 4.74 Å². The number of carbonyl (C=O) groups excluding carboxylic acids is 1. The molecule has 0 atom stereocenters. The number of hydrogen-bond donors (Lipinski definition) is 0. The molecule has 2 heteroatoms. The molecule has 0 rings (SSSR count). The van der Waals surface area contributed by atoms with E-state index in [0.717, 1.165) is 0 Å². The van der Waals surface area contributed by atoms with Crippen molar-refractivity contribution in [1.29, 1.82) is 0 Å². The second kappa shape index (κ2) is 6.23. The molecule has 74 valence electrons. The molecular weight excluding hydrogens is 164 g/mol. The van der Waals surface area contributed by atoms with Crippen molar-refractivity contribution in [2.45, 2.75) is 20.3 Å². The molecule has 2 nitrogen and oxygen atoms in total. The molecule has 0 N–H and O–H groups in total. The summed E-state index contributed by atoms with van der Waals surface area (Å²) in [4.78, 5) is 11.3. The predicted molar refractivity (Wildman–Crippen MR) is 56.5 cm³/mol. The molecule has 0 aliphatic carbocycles. The van der Waals surface area contributed by atoms with Crippen molar-refractivity contribution in [2.75, 3.05) is 7.11 Å². The number of rotatable bonds is 5. The van der Waals surface area contributed by atoms with Crippen molar-refractivity contribution >= 4 is 5.78 Å². The monoisotopic (exact) mass is 182 g/mol. The van der Waals surface area contributed by atoms with Gasteiger partial charge in [0, 0.05) is 13.4 Å². The van der Waals surface area contributed by atoms with Gasteiger partial charge < -0.3 is 4.74 Å². The highest BCUT2D eigenvalue weighted by Gasteiger charge is 2.03. The Hall–Kier alpha value is -1.31. The van der Waals surface area contributed by atoms with Crippen LogP contribution in [0.4, 0.5) is 0 Å². The molecule has 0 heterocycles. The van der Waals surface area contributed by atoms with Crippen LogP contribution in [-0.2, 0) is 9.53 Å². The SMILES string of the molecule is C=C(/C=C(\C=C/C)C(=O)CC)OC.[HH]. The van der Waals surface area contributed by atoms with Crippen molar-refractivity contribution in [3.8, 4) is 0 Å². The van der Waals surface area contributed by atoms with Gasteiger partial charge in [0.15, 0.2) is 5.78 Å². The number of carbonyl (C=O) groups is 1. The lowest BCUT2D eigenvalue weighted by atomic mass is 10.1. The lowest BCUT2D eigenvalue weighted by Gasteiger charge is -2.00. The zero-order valence-corrected chi connectivity index (χ0v) is 8.46. The fourth-order valence-corrected chi connectivity index (χ4v) is 0.838. The summed E-state index contributed by atoms with van der Waals surface area (Å²) in [5.41, 5.74) is 0.636. The van der Waals surface area contributed by atoms with Gasteiger partial charge in [-0.3, -0.25) is 4.79 Å². The van der Waals surface area contributed by atoms with E-state index in [2.05, 4.69) is 6.58 Å². The van der Waals surface area contributed by atoms with E-state index in [-0.39, 0.29) is 7.21 Å². The Bertz CT molecular complexity index is 252. The van der Waals surface area contributed by atoms with E-state index in [1.807, 2.05) is 19.9 Å². The predicted octanol–water partition coefficient (Wildman–Crippen LogP) is 2.87. The molecule has 0 saturated carbocycles. The van der Waals surface area contributed by atoms with E-state index in [1.165, 1.54) is 7.11 Å². The summed E-state index contributed by atoms with van der Waals surface area (Å²) in [6.45, 7) is 7.32. The highest BCUT2D eigenvalue weighted by Crippen LogP contribution is 2.06. The van der Waals surface area contributed by atoms with Crippen molar-refractivity contribution in [3.63, 3.8) is 0 Å². The molecule has 0 aliphatic rings. The summed E-state index contributed by atoms with van der Waals surface area (Å²) < 4.78 is 4.86. The summed E-state index contributed by atoms with van der Waals surface area (Å²) >= 11 is 0. The topological polar surface area (TPSA) is 26.3 Å². The summed E-state index contributed by atoms with van der Waals surface area (Å²) in [7, 11) is 1.53. The molecule has 0 unspecified atom stereocenters. The standard InChI is InChI=1S/C11H16O2.H2/c1-5-7-10(11(12)6-2)8-9(3)13-4;/h5,7-8H,3,6H2,1-2,4H3;1H/b7-5-,10-8+;. The average molecular weight is 182 g/mol. The van der Waals surface area contributed by atoms with Crippen LogP contribution in [0, 0.1) is 0 Å². The van der Waals surface area contributed by atoms with Gasteiger partial charge in [-0.1, -0.05) is 25.7 Å².